The minimum absolute atomic E-state index is 0.0129. The molecular formula is C19H24O6. The molecule has 0 aromatic heterocycles. The largest absolute Gasteiger partial charge is 0.461 e. The first-order valence-electron chi connectivity index (χ1n) is 8.26. The molecule has 4 atom stereocenters. The highest BCUT2D eigenvalue weighted by Gasteiger charge is 2.46. The van der Waals surface area contributed by atoms with Gasteiger partial charge in [-0.15, -0.1) is 0 Å². The third-order valence-electron chi connectivity index (χ3n) is 4.41. The van der Waals surface area contributed by atoms with E-state index in [0.717, 1.165) is 0 Å². The Morgan fingerprint density at radius 3 is 2.68 bits per heavy atom. The van der Waals surface area contributed by atoms with E-state index < -0.39 is 35.7 Å². The zero-order chi connectivity index (χ0) is 18.9. The molecule has 1 aliphatic heterocycles. The summed E-state index contributed by atoms with van der Waals surface area (Å²) in [5.41, 5.74) is -0.852. The van der Waals surface area contributed by atoms with Crippen molar-refractivity contribution in [3.8, 4) is 0 Å². The van der Waals surface area contributed by atoms with Crippen molar-refractivity contribution in [2.45, 2.75) is 51.9 Å². The lowest BCUT2D eigenvalue weighted by molar-refractivity contribution is -0.158. The third-order valence-corrected chi connectivity index (χ3v) is 4.41. The molecule has 0 saturated carbocycles. The minimum Gasteiger partial charge on any atom is -0.461 e. The summed E-state index contributed by atoms with van der Waals surface area (Å²) >= 11 is 0. The Kier molecular flexibility index (Phi) is 5.32. The van der Waals surface area contributed by atoms with Gasteiger partial charge in [0.05, 0.1) is 17.4 Å². The highest BCUT2D eigenvalue weighted by molar-refractivity contribution is 6.03. The van der Waals surface area contributed by atoms with Gasteiger partial charge >= 0.3 is 11.9 Å². The van der Waals surface area contributed by atoms with Crippen LogP contribution in [0.2, 0.25) is 0 Å². The lowest BCUT2D eigenvalue weighted by Gasteiger charge is -2.32. The Labute approximate surface area is 147 Å². The van der Waals surface area contributed by atoms with Gasteiger partial charge in [-0.3, -0.25) is 9.59 Å². The SMILES string of the molecule is C=C1C(=O)O[C@@H]2C=C(C)C(=O)/C=C/[C@](C)(O)C[C@@H](OC(=O)C(C)C)[C@@H]12. The molecule has 1 heterocycles. The van der Waals surface area contributed by atoms with E-state index >= 15 is 0 Å². The molecule has 1 aliphatic carbocycles. The molecule has 2 rings (SSSR count). The van der Waals surface area contributed by atoms with Crippen LogP contribution in [0.15, 0.2) is 36.0 Å². The summed E-state index contributed by atoms with van der Waals surface area (Å²) in [4.78, 5) is 36.2. The maximum absolute atomic E-state index is 12.1. The van der Waals surface area contributed by atoms with Gasteiger partial charge in [0.1, 0.15) is 12.2 Å². The average molecular weight is 348 g/mol. The predicted molar refractivity (Wildman–Crippen MR) is 90.4 cm³/mol. The summed E-state index contributed by atoms with van der Waals surface area (Å²) in [5, 5.41) is 10.6. The molecule has 2 aliphatic rings. The van der Waals surface area contributed by atoms with Crippen LogP contribution < -0.4 is 0 Å². The molecule has 0 amide bonds. The van der Waals surface area contributed by atoms with Crippen LogP contribution in [0.3, 0.4) is 0 Å². The number of carbonyl (C=O) groups excluding carboxylic acids is 3. The van der Waals surface area contributed by atoms with Gasteiger partial charge < -0.3 is 14.6 Å². The van der Waals surface area contributed by atoms with Crippen LogP contribution in [0, 0.1) is 11.8 Å². The van der Waals surface area contributed by atoms with Gasteiger partial charge in [-0.2, -0.15) is 0 Å². The van der Waals surface area contributed by atoms with Gasteiger partial charge in [0.15, 0.2) is 5.78 Å². The van der Waals surface area contributed by atoms with Gasteiger partial charge in [-0.25, -0.2) is 4.79 Å². The van der Waals surface area contributed by atoms with Gasteiger partial charge in [0.2, 0.25) is 0 Å². The van der Waals surface area contributed by atoms with Gasteiger partial charge in [0, 0.05) is 12.0 Å². The zero-order valence-corrected chi connectivity index (χ0v) is 14.9. The quantitative estimate of drug-likeness (QED) is 0.605. The van der Waals surface area contributed by atoms with Crippen molar-refractivity contribution in [2.75, 3.05) is 0 Å². The first-order valence-corrected chi connectivity index (χ1v) is 8.26. The Hall–Kier alpha value is -2.21. The molecule has 0 aromatic carbocycles. The lowest BCUT2D eigenvalue weighted by Crippen LogP contribution is -2.40. The molecule has 136 valence electrons. The second-order valence-electron chi connectivity index (χ2n) is 7.16. The summed E-state index contributed by atoms with van der Waals surface area (Å²) in [5.74, 6) is -2.34. The predicted octanol–water partition coefficient (Wildman–Crippen LogP) is 1.88. The molecular weight excluding hydrogens is 324 g/mol. The van der Waals surface area contributed by atoms with Crippen LogP contribution in [-0.2, 0) is 23.9 Å². The van der Waals surface area contributed by atoms with E-state index in [1.54, 1.807) is 26.8 Å². The van der Waals surface area contributed by atoms with Crippen LogP contribution in [0.5, 0.6) is 0 Å². The van der Waals surface area contributed by atoms with Gasteiger partial charge in [-0.05, 0) is 37.6 Å². The summed E-state index contributed by atoms with van der Waals surface area (Å²) in [6.45, 7) is 10.3. The molecule has 0 bridgehead atoms. The Bertz CT molecular complexity index is 667. The van der Waals surface area contributed by atoms with Crippen molar-refractivity contribution in [3.63, 3.8) is 0 Å². The Morgan fingerprint density at radius 2 is 2.08 bits per heavy atom. The van der Waals surface area contributed by atoms with E-state index in [1.807, 2.05) is 0 Å². The van der Waals surface area contributed by atoms with E-state index in [-0.39, 0.29) is 23.7 Å². The molecule has 0 spiro atoms. The number of carbonyl (C=O) groups is 3. The number of ether oxygens (including phenoxy) is 2. The van der Waals surface area contributed by atoms with Crippen molar-refractivity contribution >= 4 is 17.7 Å². The average Bonchev–Trinajstić information content (AvgIpc) is 2.77. The molecule has 6 nitrogen and oxygen atoms in total. The number of esters is 2. The zero-order valence-electron chi connectivity index (χ0n) is 14.9. The molecule has 1 fully saturated rings. The van der Waals surface area contributed by atoms with Crippen LogP contribution in [0.25, 0.3) is 0 Å². The number of hydrogen-bond acceptors (Lipinski definition) is 6. The molecule has 0 aromatic rings. The molecule has 1 N–H and O–H groups in total. The smallest absolute Gasteiger partial charge is 0.334 e. The van der Waals surface area contributed by atoms with Crippen molar-refractivity contribution in [3.05, 3.63) is 36.0 Å². The number of allylic oxidation sites excluding steroid dienone is 2. The van der Waals surface area contributed by atoms with Gasteiger partial charge in [0.25, 0.3) is 0 Å². The summed E-state index contributed by atoms with van der Waals surface area (Å²) in [6.07, 6.45) is 2.64. The second kappa shape index (κ2) is 6.96. The number of hydrogen-bond donors (Lipinski definition) is 1. The first kappa shape index (κ1) is 19.1. The summed E-state index contributed by atoms with van der Waals surface area (Å²) in [7, 11) is 0. The Balaban J connectivity index is 2.49. The van der Waals surface area contributed by atoms with Crippen LogP contribution >= 0.6 is 0 Å². The molecule has 1 saturated heterocycles. The lowest BCUT2D eigenvalue weighted by atomic mass is 9.82. The maximum Gasteiger partial charge on any atom is 0.334 e. The fraction of sp³-hybridized carbons (Fsp3) is 0.526. The topological polar surface area (TPSA) is 89.9 Å². The van der Waals surface area contributed by atoms with Crippen LogP contribution in [0.4, 0.5) is 0 Å². The fourth-order valence-electron chi connectivity index (χ4n) is 2.90. The second-order valence-corrected chi connectivity index (χ2v) is 7.16. The summed E-state index contributed by atoms with van der Waals surface area (Å²) in [6, 6.07) is 0. The standard InChI is InChI=1S/C19H24O6/c1-10(2)17(21)25-15-9-19(5,23)7-6-13(20)11(3)8-14-16(15)12(4)18(22)24-14/h6-8,10,14-16,23H,4,9H2,1-3,5H3/b7-6+,11-8?/t14-,15-,16+,19+/m1/s1. The molecule has 6 heteroatoms. The number of aliphatic hydroxyl groups is 1. The van der Waals surface area contributed by atoms with Crippen molar-refractivity contribution < 1.29 is 29.0 Å². The third kappa shape index (κ3) is 4.25. The summed E-state index contributed by atoms with van der Waals surface area (Å²) < 4.78 is 10.9. The van der Waals surface area contributed by atoms with E-state index in [1.165, 1.54) is 19.1 Å². The molecule has 0 unspecified atom stereocenters. The maximum atomic E-state index is 12.1. The number of rotatable bonds is 2. The van der Waals surface area contributed by atoms with E-state index in [4.69, 9.17) is 9.47 Å². The first-order chi connectivity index (χ1) is 11.5. The number of ketones is 1. The molecule has 0 radical (unpaired) electrons. The van der Waals surface area contributed by atoms with E-state index in [2.05, 4.69) is 6.58 Å². The monoisotopic (exact) mass is 348 g/mol. The van der Waals surface area contributed by atoms with Crippen LogP contribution in [0.1, 0.15) is 34.1 Å². The van der Waals surface area contributed by atoms with E-state index in [9.17, 15) is 19.5 Å². The minimum atomic E-state index is -1.40. The highest BCUT2D eigenvalue weighted by atomic mass is 16.6. The van der Waals surface area contributed by atoms with Crippen LogP contribution in [-0.4, -0.2) is 40.6 Å². The molecule has 25 heavy (non-hydrogen) atoms. The fourth-order valence-corrected chi connectivity index (χ4v) is 2.90. The van der Waals surface area contributed by atoms with E-state index in [0.29, 0.717) is 5.57 Å². The van der Waals surface area contributed by atoms with Crippen molar-refractivity contribution in [1.29, 1.82) is 0 Å². The normalized spacial score (nSPS) is 34.2. The van der Waals surface area contributed by atoms with Gasteiger partial charge in [-0.1, -0.05) is 20.4 Å². The van der Waals surface area contributed by atoms with Crippen molar-refractivity contribution in [1.82, 2.24) is 0 Å². The number of fused-ring (bicyclic) bond motifs is 1. The Morgan fingerprint density at radius 1 is 1.44 bits per heavy atom. The van der Waals surface area contributed by atoms with Crippen molar-refractivity contribution in [2.24, 2.45) is 11.8 Å². The highest BCUT2D eigenvalue weighted by Crippen LogP contribution is 2.37.